The number of nitrogens with zero attached hydrogens (tertiary/aromatic N) is 1. The number of methoxy groups -OCH3 is 1. The maximum absolute atomic E-state index is 11.5. The molecule has 2 aromatic rings. The zero-order valence-corrected chi connectivity index (χ0v) is 13.5. The van der Waals surface area contributed by atoms with Crippen LogP contribution >= 0.6 is 0 Å². The number of esters is 1. The molecular weight excluding hydrogens is 290 g/mol. The van der Waals surface area contributed by atoms with E-state index in [9.17, 15) is 10.1 Å². The minimum Gasteiger partial charge on any atom is -0.465 e. The number of anilines is 1. The van der Waals surface area contributed by atoms with Gasteiger partial charge in [-0.05, 0) is 29.7 Å². The first-order chi connectivity index (χ1) is 11.0. The molecule has 5 nitrogen and oxygen atoms in total. The third-order valence-corrected chi connectivity index (χ3v) is 3.51. The molecule has 0 saturated carbocycles. The van der Waals surface area contributed by atoms with Gasteiger partial charge in [0.2, 0.25) is 0 Å². The molecule has 5 heteroatoms. The third kappa shape index (κ3) is 3.67. The summed E-state index contributed by atoms with van der Waals surface area (Å²) in [7, 11) is 1.34. The molecule has 0 fully saturated rings. The van der Waals surface area contributed by atoms with Crippen LogP contribution in [0.25, 0.3) is 11.1 Å². The smallest absolute Gasteiger partial charge is 0.337 e. The van der Waals surface area contributed by atoms with Gasteiger partial charge < -0.3 is 4.74 Å². The van der Waals surface area contributed by atoms with Crippen LogP contribution in [0.4, 0.5) is 5.82 Å². The third-order valence-electron chi connectivity index (χ3n) is 3.51. The summed E-state index contributed by atoms with van der Waals surface area (Å²) in [6.45, 7) is 4.24. The molecule has 0 saturated heterocycles. The largest absolute Gasteiger partial charge is 0.465 e. The number of hydrogen-bond donors (Lipinski definition) is 1. The highest BCUT2D eigenvalue weighted by Crippen LogP contribution is 2.27. The van der Waals surface area contributed by atoms with Gasteiger partial charge in [-0.3, -0.25) is 5.73 Å². The van der Waals surface area contributed by atoms with Crippen LogP contribution in [0.5, 0.6) is 0 Å². The number of hydrogen-bond acceptors (Lipinski definition) is 4. The second kappa shape index (κ2) is 6.93. The molecule has 0 aliphatic heterocycles. The fraction of sp³-hybridized carbons (Fsp3) is 0.278. The predicted octanol–water partition coefficient (Wildman–Crippen LogP) is 2.61. The van der Waals surface area contributed by atoms with Gasteiger partial charge in [0.15, 0.2) is 0 Å². The molecular formula is C18H20N3O2+. The number of pyridine rings is 1. The van der Waals surface area contributed by atoms with Crippen molar-refractivity contribution in [2.45, 2.75) is 20.3 Å². The SMILES string of the molecule is COC(=O)c1ccc(-c2cc(CC(C)C)[nH+]c(N)c2C#N)cc1. The van der Waals surface area contributed by atoms with Crippen LogP contribution in [-0.4, -0.2) is 13.1 Å². The lowest BCUT2D eigenvalue weighted by atomic mass is 9.97. The van der Waals surface area contributed by atoms with Crippen LogP contribution in [0.1, 0.15) is 35.5 Å². The van der Waals surface area contributed by atoms with Crippen molar-refractivity contribution in [3.8, 4) is 17.2 Å². The number of rotatable bonds is 4. The van der Waals surface area contributed by atoms with Crippen molar-refractivity contribution in [3.05, 3.63) is 47.2 Å². The van der Waals surface area contributed by atoms with Crippen LogP contribution in [0.3, 0.4) is 0 Å². The Morgan fingerprint density at radius 2 is 2.00 bits per heavy atom. The van der Waals surface area contributed by atoms with Crippen molar-refractivity contribution in [1.82, 2.24) is 0 Å². The van der Waals surface area contributed by atoms with Crippen molar-refractivity contribution >= 4 is 11.8 Å². The number of benzene rings is 1. The van der Waals surface area contributed by atoms with E-state index in [1.54, 1.807) is 24.3 Å². The standard InChI is InChI=1S/C18H19N3O2/c1-11(2)8-14-9-15(16(10-19)17(20)21-14)12-4-6-13(7-5-12)18(22)23-3/h4-7,9,11H,8H2,1-3H3,(H2,20,21)/p+1. The zero-order valence-electron chi connectivity index (χ0n) is 13.5. The van der Waals surface area contributed by atoms with Crippen molar-refractivity contribution in [1.29, 1.82) is 5.26 Å². The Hall–Kier alpha value is -2.87. The molecule has 2 rings (SSSR count). The monoisotopic (exact) mass is 310 g/mol. The average molecular weight is 310 g/mol. The summed E-state index contributed by atoms with van der Waals surface area (Å²) < 4.78 is 4.69. The summed E-state index contributed by atoms with van der Waals surface area (Å²) in [6.07, 6.45) is 0.836. The minimum atomic E-state index is -0.390. The number of carbonyl (C=O) groups excluding carboxylic acids is 1. The van der Waals surface area contributed by atoms with Crippen LogP contribution in [-0.2, 0) is 11.2 Å². The molecule has 23 heavy (non-hydrogen) atoms. The van der Waals surface area contributed by atoms with Crippen molar-refractivity contribution in [2.75, 3.05) is 12.8 Å². The van der Waals surface area contributed by atoms with Crippen LogP contribution in [0.15, 0.2) is 30.3 Å². The topological polar surface area (TPSA) is 90.2 Å². The van der Waals surface area contributed by atoms with Gasteiger partial charge in [0.1, 0.15) is 17.3 Å². The van der Waals surface area contributed by atoms with Gasteiger partial charge >= 0.3 is 5.97 Å². The number of carbonyl (C=O) groups is 1. The Labute approximate surface area is 135 Å². The van der Waals surface area contributed by atoms with Crippen molar-refractivity contribution in [3.63, 3.8) is 0 Å². The number of aromatic amines is 1. The maximum atomic E-state index is 11.5. The van der Waals surface area contributed by atoms with E-state index >= 15 is 0 Å². The molecule has 0 aliphatic rings. The molecule has 0 spiro atoms. The van der Waals surface area contributed by atoms with Crippen LogP contribution < -0.4 is 10.7 Å². The molecule has 3 N–H and O–H groups in total. The van der Waals surface area contributed by atoms with Crippen LogP contribution in [0, 0.1) is 17.2 Å². The average Bonchev–Trinajstić information content (AvgIpc) is 2.53. The normalized spacial score (nSPS) is 10.4. The molecule has 118 valence electrons. The second-order valence-electron chi connectivity index (χ2n) is 5.78. The molecule has 1 aromatic carbocycles. The highest BCUT2D eigenvalue weighted by Gasteiger charge is 2.17. The van der Waals surface area contributed by atoms with Crippen LogP contribution in [0.2, 0.25) is 0 Å². The predicted molar refractivity (Wildman–Crippen MR) is 87.4 cm³/mol. The lowest BCUT2D eigenvalue weighted by Gasteiger charge is -2.09. The molecule has 0 bridgehead atoms. The first kappa shape index (κ1) is 16.5. The number of nitrogens with two attached hydrogens (primary N) is 1. The lowest BCUT2D eigenvalue weighted by molar-refractivity contribution is -0.373. The Morgan fingerprint density at radius 1 is 1.35 bits per heavy atom. The van der Waals surface area contributed by atoms with Gasteiger partial charge in [0.05, 0.1) is 12.7 Å². The van der Waals surface area contributed by atoms with Gasteiger partial charge in [-0.15, -0.1) is 0 Å². The zero-order chi connectivity index (χ0) is 17.0. The van der Waals surface area contributed by atoms with Gasteiger partial charge in [-0.1, -0.05) is 26.0 Å². The number of nitrogen functional groups attached to an aromatic ring is 1. The summed E-state index contributed by atoms with van der Waals surface area (Å²) in [6, 6.07) is 11.0. The molecule has 0 unspecified atom stereocenters. The summed E-state index contributed by atoms with van der Waals surface area (Å²) >= 11 is 0. The van der Waals surface area contributed by atoms with E-state index in [-0.39, 0.29) is 0 Å². The van der Waals surface area contributed by atoms with Gasteiger partial charge in [0.25, 0.3) is 5.82 Å². The van der Waals surface area contributed by atoms with Crippen molar-refractivity contribution < 1.29 is 14.5 Å². The summed E-state index contributed by atoms with van der Waals surface area (Å²) in [5.74, 6) is 0.435. The van der Waals surface area contributed by atoms with Crippen molar-refractivity contribution in [2.24, 2.45) is 5.92 Å². The Morgan fingerprint density at radius 3 is 2.52 bits per heavy atom. The van der Waals surface area contributed by atoms with E-state index in [1.165, 1.54) is 7.11 Å². The van der Waals surface area contributed by atoms with E-state index in [2.05, 4.69) is 24.9 Å². The van der Waals surface area contributed by atoms with Gasteiger partial charge in [-0.2, -0.15) is 5.26 Å². The molecule has 0 radical (unpaired) electrons. The fourth-order valence-electron chi connectivity index (χ4n) is 2.46. The maximum Gasteiger partial charge on any atom is 0.337 e. The Bertz CT molecular complexity index is 759. The fourth-order valence-corrected chi connectivity index (χ4v) is 2.46. The molecule has 1 heterocycles. The van der Waals surface area contributed by atoms with Gasteiger partial charge in [-0.25, -0.2) is 9.78 Å². The lowest BCUT2D eigenvalue weighted by Crippen LogP contribution is -2.20. The summed E-state index contributed by atoms with van der Waals surface area (Å²) in [4.78, 5) is 14.6. The first-order valence-corrected chi connectivity index (χ1v) is 7.39. The highest BCUT2D eigenvalue weighted by atomic mass is 16.5. The van der Waals surface area contributed by atoms with Gasteiger partial charge in [0, 0.05) is 12.0 Å². The number of aromatic nitrogens is 1. The minimum absolute atomic E-state index is 0.359. The summed E-state index contributed by atoms with van der Waals surface area (Å²) in [5, 5.41) is 9.39. The van der Waals surface area contributed by atoms with E-state index in [1.807, 2.05) is 6.07 Å². The summed E-state index contributed by atoms with van der Waals surface area (Å²) in [5.41, 5.74) is 9.43. The van der Waals surface area contributed by atoms with E-state index in [4.69, 9.17) is 10.5 Å². The Balaban J connectivity index is 2.50. The first-order valence-electron chi connectivity index (χ1n) is 7.39. The number of ether oxygens (including phenoxy) is 1. The quantitative estimate of drug-likeness (QED) is 0.879. The number of nitrogens with one attached hydrogen (secondary N) is 1. The second-order valence-corrected chi connectivity index (χ2v) is 5.78. The highest BCUT2D eigenvalue weighted by molar-refractivity contribution is 5.90. The Kier molecular flexibility index (Phi) is 4.97. The molecule has 0 aliphatic carbocycles. The number of H-pyrrole nitrogens is 1. The molecule has 0 atom stereocenters. The van der Waals surface area contributed by atoms with E-state index in [0.717, 1.165) is 23.2 Å². The molecule has 0 amide bonds. The molecule has 1 aromatic heterocycles. The number of nitriles is 1. The van der Waals surface area contributed by atoms with E-state index < -0.39 is 5.97 Å². The van der Waals surface area contributed by atoms with E-state index in [0.29, 0.717) is 22.9 Å².